The van der Waals surface area contributed by atoms with Gasteiger partial charge in [0.1, 0.15) is 5.67 Å². The molecule has 2 rings (SSSR count). The van der Waals surface area contributed by atoms with Crippen molar-refractivity contribution in [3.8, 4) is 6.19 Å². The van der Waals surface area contributed by atoms with Gasteiger partial charge in [-0.25, -0.2) is 9.37 Å². The molecule has 0 amide bonds. The van der Waals surface area contributed by atoms with Crippen molar-refractivity contribution >= 4 is 11.6 Å². The highest BCUT2D eigenvalue weighted by molar-refractivity contribution is 6.30. The van der Waals surface area contributed by atoms with Crippen LogP contribution in [0.15, 0.2) is 12.3 Å². The van der Waals surface area contributed by atoms with Crippen LogP contribution in [0.4, 0.5) is 8.78 Å². The molecule has 0 radical (unpaired) electrons. The van der Waals surface area contributed by atoms with Crippen LogP contribution in [0.1, 0.15) is 18.4 Å². The fourth-order valence-corrected chi connectivity index (χ4v) is 2.13. The van der Waals surface area contributed by atoms with Gasteiger partial charge in [-0.2, -0.15) is 9.65 Å². The van der Waals surface area contributed by atoms with Gasteiger partial charge in [0.25, 0.3) is 0 Å². The molecule has 2 heterocycles. The quantitative estimate of drug-likeness (QED) is 0.574. The van der Waals surface area contributed by atoms with Crippen LogP contribution in [0.25, 0.3) is 0 Å². The fraction of sp³-hybridized carbons (Fsp3) is 0.455. The van der Waals surface area contributed by atoms with Gasteiger partial charge in [0.15, 0.2) is 6.19 Å². The molecular formula is C11H10ClF2N3. The van der Waals surface area contributed by atoms with Crippen LogP contribution in [-0.2, 0) is 5.67 Å². The molecule has 0 aromatic carbocycles. The maximum atomic E-state index is 14.6. The van der Waals surface area contributed by atoms with E-state index < -0.39 is 11.6 Å². The monoisotopic (exact) mass is 257 g/mol. The fourth-order valence-electron chi connectivity index (χ4n) is 1.97. The Morgan fingerprint density at radius 3 is 2.71 bits per heavy atom. The number of hydrogen-bond acceptors (Lipinski definition) is 3. The van der Waals surface area contributed by atoms with Crippen molar-refractivity contribution in [3.63, 3.8) is 0 Å². The molecule has 1 aliphatic rings. The van der Waals surface area contributed by atoms with E-state index in [4.69, 9.17) is 16.9 Å². The lowest BCUT2D eigenvalue weighted by atomic mass is 9.87. The standard InChI is InChI=1S/C11H10ClF2N3/c12-8-5-9(10(13)16-6-8)11(14)1-3-17(7-15)4-2-11/h5-6H,1-4H2. The smallest absolute Gasteiger partial charge is 0.219 e. The third-order valence-corrected chi connectivity index (χ3v) is 3.19. The van der Waals surface area contributed by atoms with Crippen molar-refractivity contribution in [2.24, 2.45) is 0 Å². The SMILES string of the molecule is N#CN1CCC(F)(c2cc(Cl)cnc2F)CC1. The number of halogens is 3. The second-order valence-electron chi connectivity index (χ2n) is 4.04. The summed E-state index contributed by atoms with van der Waals surface area (Å²) >= 11 is 5.70. The van der Waals surface area contributed by atoms with E-state index >= 15 is 0 Å². The van der Waals surface area contributed by atoms with E-state index in [1.807, 2.05) is 6.19 Å². The minimum absolute atomic E-state index is 0.0690. The Hall–Kier alpha value is -1.41. The first-order valence-corrected chi connectivity index (χ1v) is 5.58. The molecule has 0 spiro atoms. The van der Waals surface area contributed by atoms with E-state index in [-0.39, 0.29) is 36.5 Å². The van der Waals surface area contributed by atoms with Gasteiger partial charge < -0.3 is 4.90 Å². The predicted molar refractivity (Wildman–Crippen MR) is 58.4 cm³/mol. The lowest BCUT2D eigenvalue weighted by molar-refractivity contribution is 0.0738. The normalized spacial score (nSPS) is 18.8. The van der Waals surface area contributed by atoms with Crippen LogP contribution in [0.2, 0.25) is 5.02 Å². The molecule has 1 aromatic heterocycles. The number of hydrogen-bond donors (Lipinski definition) is 0. The largest absolute Gasteiger partial charge is 0.310 e. The minimum Gasteiger partial charge on any atom is -0.310 e. The molecule has 0 aliphatic carbocycles. The summed E-state index contributed by atoms with van der Waals surface area (Å²) in [5.41, 5.74) is -1.89. The van der Waals surface area contributed by atoms with Crippen LogP contribution in [0, 0.1) is 17.4 Å². The third kappa shape index (κ3) is 2.32. The molecule has 1 aromatic rings. The molecule has 17 heavy (non-hydrogen) atoms. The zero-order chi connectivity index (χ0) is 12.5. The number of likely N-dealkylation sites (tertiary alicyclic amines) is 1. The molecule has 1 saturated heterocycles. The Labute approximate surface area is 103 Å². The van der Waals surface area contributed by atoms with E-state index in [0.29, 0.717) is 0 Å². The van der Waals surface area contributed by atoms with E-state index in [1.165, 1.54) is 11.0 Å². The molecule has 6 heteroatoms. The van der Waals surface area contributed by atoms with E-state index in [0.717, 1.165) is 6.20 Å². The minimum atomic E-state index is -1.78. The number of nitrogens with zero attached hydrogens (tertiary/aromatic N) is 3. The molecule has 0 atom stereocenters. The number of piperidine rings is 1. The summed E-state index contributed by atoms with van der Waals surface area (Å²) in [6.07, 6.45) is 3.24. The van der Waals surface area contributed by atoms with Gasteiger partial charge in [0.2, 0.25) is 5.95 Å². The lowest BCUT2D eigenvalue weighted by Crippen LogP contribution is -2.38. The highest BCUT2D eigenvalue weighted by atomic mass is 35.5. The summed E-state index contributed by atoms with van der Waals surface area (Å²) in [5, 5.41) is 8.89. The van der Waals surface area contributed by atoms with Crippen molar-refractivity contribution in [1.29, 1.82) is 5.26 Å². The first-order valence-electron chi connectivity index (χ1n) is 5.20. The zero-order valence-corrected chi connectivity index (χ0v) is 9.71. The van der Waals surface area contributed by atoms with Crippen molar-refractivity contribution in [2.45, 2.75) is 18.5 Å². The van der Waals surface area contributed by atoms with E-state index in [1.54, 1.807) is 0 Å². The highest BCUT2D eigenvalue weighted by Gasteiger charge is 2.38. The van der Waals surface area contributed by atoms with Crippen molar-refractivity contribution in [3.05, 3.63) is 28.8 Å². The molecule has 1 aliphatic heterocycles. The molecular weight excluding hydrogens is 248 g/mol. The van der Waals surface area contributed by atoms with Gasteiger partial charge in [-0.1, -0.05) is 11.6 Å². The van der Waals surface area contributed by atoms with Gasteiger partial charge in [-0.15, -0.1) is 0 Å². The van der Waals surface area contributed by atoms with Crippen LogP contribution in [-0.4, -0.2) is 23.0 Å². The first kappa shape index (κ1) is 12.1. The lowest BCUT2D eigenvalue weighted by Gasteiger charge is -2.33. The van der Waals surface area contributed by atoms with Crippen molar-refractivity contribution in [1.82, 2.24) is 9.88 Å². The molecule has 0 unspecified atom stereocenters. The molecule has 0 saturated carbocycles. The summed E-state index contributed by atoms with van der Waals surface area (Å²) < 4.78 is 28.1. The van der Waals surface area contributed by atoms with Crippen molar-refractivity contribution in [2.75, 3.05) is 13.1 Å². The Morgan fingerprint density at radius 1 is 1.47 bits per heavy atom. The average molecular weight is 258 g/mol. The van der Waals surface area contributed by atoms with Gasteiger partial charge in [-0.05, 0) is 6.07 Å². The molecule has 1 fully saturated rings. The Bertz CT molecular complexity index is 464. The van der Waals surface area contributed by atoms with Crippen LogP contribution in [0.5, 0.6) is 0 Å². The second kappa shape index (κ2) is 4.46. The molecule has 90 valence electrons. The summed E-state index contributed by atoms with van der Waals surface area (Å²) in [5.74, 6) is -0.831. The molecule has 0 N–H and O–H groups in total. The number of aromatic nitrogens is 1. The van der Waals surface area contributed by atoms with Gasteiger partial charge >= 0.3 is 0 Å². The van der Waals surface area contributed by atoms with Gasteiger partial charge in [-0.3, -0.25) is 0 Å². The van der Waals surface area contributed by atoms with E-state index in [2.05, 4.69) is 4.98 Å². The number of alkyl halides is 1. The summed E-state index contributed by atoms with van der Waals surface area (Å²) in [7, 11) is 0. The second-order valence-corrected chi connectivity index (χ2v) is 4.48. The Morgan fingerprint density at radius 2 is 2.12 bits per heavy atom. The third-order valence-electron chi connectivity index (χ3n) is 2.99. The van der Waals surface area contributed by atoms with E-state index in [9.17, 15) is 8.78 Å². The van der Waals surface area contributed by atoms with Gasteiger partial charge in [0, 0.05) is 37.7 Å². The zero-order valence-electron chi connectivity index (χ0n) is 8.96. The number of pyridine rings is 1. The first-order chi connectivity index (χ1) is 8.05. The summed E-state index contributed by atoms with van der Waals surface area (Å²) in [6.45, 7) is 0.553. The molecule has 3 nitrogen and oxygen atoms in total. The van der Waals surface area contributed by atoms with Crippen LogP contribution < -0.4 is 0 Å². The molecule has 0 bridgehead atoms. The number of nitriles is 1. The van der Waals surface area contributed by atoms with Crippen molar-refractivity contribution < 1.29 is 8.78 Å². The highest BCUT2D eigenvalue weighted by Crippen LogP contribution is 2.38. The number of rotatable bonds is 1. The Kier molecular flexibility index (Phi) is 3.16. The maximum absolute atomic E-state index is 14.6. The summed E-state index contributed by atoms with van der Waals surface area (Å²) in [4.78, 5) is 4.87. The van der Waals surface area contributed by atoms with Gasteiger partial charge in [0.05, 0.1) is 5.02 Å². The van der Waals surface area contributed by atoms with Crippen LogP contribution >= 0.6 is 11.6 Å². The van der Waals surface area contributed by atoms with Crippen LogP contribution in [0.3, 0.4) is 0 Å². The summed E-state index contributed by atoms with van der Waals surface area (Å²) in [6, 6.07) is 1.27. The Balaban J connectivity index is 2.27. The maximum Gasteiger partial charge on any atom is 0.219 e. The average Bonchev–Trinajstić information content (AvgIpc) is 2.33. The predicted octanol–water partition coefficient (Wildman–Crippen LogP) is 2.62. The topological polar surface area (TPSA) is 39.9 Å².